The van der Waals surface area contributed by atoms with Crippen LogP contribution >= 0.6 is 0 Å². The molecule has 0 bridgehead atoms. The predicted octanol–water partition coefficient (Wildman–Crippen LogP) is 4.59. The van der Waals surface area contributed by atoms with Gasteiger partial charge in [-0.3, -0.25) is 0 Å². The van der Waals surface area contributed by atoms with Crippen molar-refractivity contribution in [3.8, 4) is 5.75 Å². The maximum absolute atomic E-state index is 6.55. The van der Waals surface area contributed by atoms with Crippen molar-refractivity contribution >= 4 is 0 Å². The second kappa shape index (κ2) is 6.62. The maximum atomic E-state index is 6.55. The van der Waals surface area contributed by atoms with Gasteiger partial charge >= 0.3 is 0 Å². The number of hydrogen-bond acceptors (Lipinski definition) is 2. The summed E-state index contributed by atoms with van der Waals surface area (Å²) in [4.78, 5) is 0. The van der Waals surface area contributed by atoms with E-state index in [2.05, 4.69) is 24.3 Å². The molecule has 2 nitrogen and oxygen atoms in total. The summed E-state index contributed by atoms with van der Waals surface area (Å²) in [6.07, 6.45) is 12.3. The van der Waals surface area contributed by atoms with Crippen LogP contribution in [0.3, 0.4) is 0 Å². The Morgan fingerprint density at radius 1 is 0.950 bits per heavy atom. The molecule has 110 valence electrons. The molecule has 2 fully saturated rings. The van der Waals surface area contributed by atoms with E-state index in [1.165, 1.54) is 63.4 Å². The summed E-state index contributed by atoms with van der Waals surface area (Å²) in [5.41, 5.74) is 7.81. The second-order valence-corrected chi connectivity index (χ2v) is 6.52. The first kappa shape index (κ1) is 13.9. The van der Waals surface area contributed by atoms with Crippen LogP contribution in [0.1, 0.15) is 69.4 Å². The van der Waals surface area contributed by atoms with Gasteiger partial charge in [-0.05, 0) is 49.3 Å². The van der Waals surface area contributed by atoms with Crippen molar-refractivity contribution in [2.75, 3.05) is 0 Å². The van der Waals surface area contributed by atoms with Gasteiger partial charge in [-0.25, -0.2) is 0 Å². The first-order valence-electron chi connectivity index (χ1n) is 8.35. The van der Waals surface area contributed by atoms with Crippen LogP contribution in [0.15, 0.2) is 24.3 Å². The van der Waals surface area contributed by atoms with Crippen LogP contribution in [0.2, 0.25) is 0 Å². The Bertz CT molecular complexity index is 419. The molecule has 1 unspecified atom stereocenters. The summed E-state index contributed by atoms with van der Waals surface area (Å²) in [5.74, 6) is 1.65. The average molecular weight is 273 g/mol. The minimum absolute atomic E-state index is 0.177. The highest BCUT2D eigenvalue weighted by Crippen LogP contribution is 2.33. The molecular weight excluding hydrogens is 246 g/mol. The first-order valence-corrected chi connectivity index (χ1v) is 8.35. The molecule has 0 saturated heterocycles. The van der Waals surface area contributed by atoms with E-state index in [-0.39, 0.29) is 6.04 Å². The molecule has 0 spiro atoms. The number of ether oxygens (including phenoxy) is 1. The van der Waals surface area contributed by atoms with Crippen LogP contribution in [0.4, 0.5) is 0 Å². The van der Waals surface area contributed by atoms with Gasteiger partial charge in [0, 0.05) is 6.04 Å². The molecule has 2 heteroatoms. The highest BCUT2D eigenvalue weighted by Gasteiger charge is 2.24. The fraction of sp³-hybridized carbons (Fsp3) is 0.667. The van der Waals surface area contributed by atoms with Crippen LogP contribution in [-0.2, 0) is 0 Å². The van der Waals surface area contributed by atoms with Gasteiger partial charge in [0.05, 0.1) is 6.10 Å². The standard InChI is InChI=1S/C18H27NO/c19-18(14-7-4-2-1-3-5-8-14)15-9-6-10-17(13-15)20-16-11-12-16/h6,9-10,13-14,16,18H,1-5,7-8,11-12,19H2. The van der Waals surface area contributed by atoms with Crippen molar-refractivity contribution in [1.29, 1.82) is 0 Å². The third-order valence-electron chi connectivity index (χ3n) is 4.73. The topological polar surface area (TPSA) is 35.2 Å². The van der Waals surface area contributed by atoms with Gasteiger partial charge in [-0.2, -0.15) is 0 Å². The van der Waals surface area contributed by atoms with Crippen molar-refractivity contribution in [3.05, 3.63) is 29.8 Å². The van der Waals surface area contributed by atoms with E-state index in [4.69, 9.17) is 10.5 Å². The molecular formula is C18H27NO. The number of hydrogen-bond donors (Lipinski definition) is 1. The van der Waals surface area contributed by atoms with Crippen LogP contribution in [0.25, 0.3) is 0 Å². The molecule has 0 aliphatic heterocycles. The molecule has 0 aromatic heterocycles. The van der Waals surface area contributed by atoms with Gasteiger partial charge in [0.2, 0.25) is 0 Å². The molecule has 2 aliphatic rings. The Morgan fingerprint density at radius 3 is 2.35 bits per heavy atom. The van der Waals surface area contributed by atoms with E-state index in [0.717, 1.165) is 5.75 Å². The van der Waals surface area contributed by atoms with E-state index in [9.17, 15) is 0 Å². The number of rotatable bonds is 4. The Morgan fingerprint density at radius 2 is 1.65 bits per heavy atom. The molecule has 20 heavy (non-hydrogen) atoms. The summed E-state index contributed by atoms with van der Waals surface area (Å²) in [6.45, 7) is 0. The highest BCUT2D eigenvalue weighted by atomic mass is 16.5. The Kier molecular flexibility index (Phi) is 4.62. The SMILES string of the molecule is NC(c1cccc(OC2CC2)c1)C1CCCCCCC1. The van der Waals surface area contributed by atoms with E-state index < -0.39 is 0 Å². The lowest BCUT2D eigenvalue weighted by Crippen LogP contribution is -2.22. The lowest BCUT2D eigenvalue weighted by atomic mass is 9.83. The molecule has 0 heterocycles. The van der Waals surface area contributed by atoms with Gasteiger partial charge in [-0.1, -0.05) is 44.2 Å². The normalized spacial score (nSPS) is 22.9. The van der Waals surface area contributed by atoms with E-state index in [1.54, 1.807) is 0 Å². The fourth-order valence-corrected chi connectivity index (χ4v) is 3.29. The Balaban J connectivity index is 1.66. The van der Waals surface area contributed by atoms with E-state index in [0.29, 0.717) is 12.0 Å². The quantitative estimate of drug-likeness (QED) is 0.871. The van der Waals surface area contributed by atoms with Crippen LogP contribution in [-0.4, -0.2) is 6.10 Å². The predicted molar refractivity (Wildman–Crippen MR) is 82.8 cm³/mol. The summed E-state index contributed by atoms with van der Waals surface area (Å²) in [6, 6.07) is 8.67. The van der Waals surface area contributed by atoms with Crippen molar-refractivity contribution in [2.45, 2.75) is 69.9 Å². The summed E-state index contributed by atoms with van der Waals surface area (Å²) in [7, 11) is 0. The molecule has 1 atom stereocenters. The van der Waals surface area contributed by atoms with Gasteiger partial charge < -0.3 is 10.5 Å². The van der Waals surface area contributed by atoms with Gasteiger partial charge in [0.25, 0.3) is 0 Å². The largest absolute Gasteiger partial charge is 0.490 e. The Labute approximate surface area is 122 Å². The van der Waals surface area contributed by atoms with Crippen LogP contribution in [0, 0.1) is 5.92 Å². The van der Waals surface area contributed by atoms with Gasteiger partial charge in [0.15, 0.2) is 0 Å². The lowest BCUT2D eigenvalue weighted by molar-refractivity contribution is 0.300. The molecule has 2 N–H and O–H groups in total. The monoisotopic (exact) mass is 273 g/mol. The van der Waals surface area contributed by atoms with Gasteiger partial charge in [-0.15, -0.1) is 0 Å². The molecule has 0 radical (unpaired) electrons. The zero-order valence-electron chi connectivity index (χ0n) is 12.4. The third-order valence-corrected chi connectivity index (χ3v) is 4.73. The Hall–Kier alpha value is -1.02. The summed E-state index contributed by atoms with van der Waals surface area (Å²) in [5, 5.41) is 0. The zero-order chi connectivity index (χ0) is 13.8. The average Bonchev–Trinajstić information content (AvgIpc) is 3.22. The first-order chi connectivity index (χ1) is 9.83. The van der Waals surface area contributed by atoms with Crippen molar-refractivity contribution < 1.29 is 4.74 Å². The molecule has 1 aromatic carbocycles. The van der Waals surface area contributed by atoms with Gasteiger partial charge in [0.1, 0.15) is 5.75 Å². The van der Waals surface area contributed by atoms with Crippen molar-refractivity contribution in [1.82, 2.24) is 0 Å². The zero-order valence-corrected chi connectivity index (χ0v) is 12.4. The molecule has 3 rings (SSSR count). The minimum atomic E-state index is 0.177. The second-order valence-electron chi connectivity index (χ2n) is 6.52. The molecule has 2 saturated carbocycles. The number of nitrogens with two attached hydrogens (primary N) is 1. The maximum Gasteiger partial charge on any atom is 0.120 e. The van der Waals surface area contributed by atoms with E-state index >= 15 is 0 Å². The fourth-order valence-electron chi connectivity index (χ4n) is 3.29. The molecule has 0 amide bonds. The highest BCUT2D eigenvalue weighted by molar-refractivity contribution is 5.31. The lowest BCUT2D eigenvalue weighted by Gasteiger charge is -2.26. The summed E-state index contributed by atoms with van der Waals surface area (Å²) >= 11 is 0. The van der Waals surface area contributed by atoms with Crippen molar-refractivity contribution in [2.24, 2.45) is 11.7 Å². The molecule has 2 aliphatic carbocycles. The number of benzene rings is 1. The van der Waals surface area contributed by atoms with E-state index in [1.807, 2.05) is 0 Å². The van der Waals surface area contributed by atoms with Crippen molar-refractivity contribution in [3.63, 3.8) is 0 Å². The van der Waals surface area contributed by atoms with Crippen LogP contribution in [0.5, 0.6) is 5.75 Å². The van der Waals surface area contributed by atoms with Crippen LogP contribution < -0.4 is 10.5 Å². The minimum Gasteiger partial charge on any atom is -0.490 e. The smallest absolute Gasteiger partial charge is 0.120 e. The molecule has 1 aromatic rings. The summed E-state index contributed by atoms with van der Waals surface area (Å²) < 4.78 is 5.89. The third kappa shape index (κ3) is 3.76.